The average Bonchev–Trinajstić information content (AvgIpc) is 3.09. The fraction of sp³-hybridized carbons (Fsp3) is 0.533. The van der Waals surface area contributed by atoms with Gasteiger partial charge in [-0.3, -0.25) is 4.90 Å². The van der Waals surface area contributed by atoms with Gasteiger partial charge in [0.2, 0.25) is 0 Å². The Morgan fingerprint density at radius 2 is 2.13 bits per heavy atom. The number of alkyl halides is 3. The summed E-state index contributed by atoms with van der Waals surface area (Å²) in [5.74, 6) is 0. The fourth-order valence-electron chi connectivity index (χ4n) is 3.24. The van der Waals surface area contributed by atoms with E-state index in [1.54, 1.807) is 0 Å². The number of aromatic nitrogens is 1. The highest BCUT2D eigenvalue weighted by Gasteiger charge is 2.39. The number of hydrogen-bond acceptors (Lipinski definition) is 5. The van der Waals surface area contributed by atoms with Gasteiger partial charge in [0, 0.05) is 19.6 Å². The molecule has 2 fully saturated rings. The van der Waals surface area contributed by atoms with E-state index in [1.807, 2.05) is 0 Å². The number of morpholine rings is 1. The zero-order valence-electron chi connectivity index (χ0n) is 12.5. The molecule has 2 aliphatic heterocycles. The summed E-state index contributed by atoms with van der Waals surface area (Å²) in [6.45, 7) is 3.16. The fourth-order valence-corrected chi connectivity index (χ4v) is 4.20. The Kier molecular flexibility index (Phi) is 3.51. The van der Waals surface area contributed by atoms with Gasteiger partial charge in [0.25, 0.3) is 0 Å². The third-order valence-corrected chi connectivity index (χ3v) is 5.65. The lowest BCUT2D eigenvalue weighted by molar-refractivity contribution is -0.137. The summed E-state index contributed by atoms with van der Waals surface area (Å²) in [4.78, 5) is 8.82. The van der Waals surface area contributed by atoms with Gasteiger partial charge in [-0.05, 0) is 25.2 Å². The van der Waals surface area contributed by atoms with Crippen LogP contribution in [0.15, 0.2) is 18.2 Å². The highest BCUT2D eigenvalue weighted by atomic mass is 32.1. The molecule has 0 saturated carbocycles. The first kappa shape index (κ1) is 15.2. The topological polar surface area (TPSA) is 28.6 Å². The van der Waals surface area contributed by atoms with Crippen molar-refractivity contribution in [3.8, 4) is 0 Å². The van der Waals surface area contributed by atoms with Gasteiger partial charge in [-0.15, -0.1) is 0 Å². The van der Waals surface area contributed by atoms with Crippen LogP contribution in [0.25, 0.3) is 10.2 Å². The number of fused-ring (bicyclic) bond motifs is 2. The second-order valence-electron chi connectivity index (χ2n) is 6.04. The van der Waals surface area contributed by atoms with Gasteiger partial charge in [0.05, 0.1) is 34.5 Å². The molecule has 4 rings (SSSR count). The predicted molar refractivity (Wildman–Crippen MR) is 83.0 cm³/mol. The van der Waals surface area contributed by atoms with Crippen LogP contribution < -0.4 is 4.90 Å². The Balaban J connectivity index is 1.62. The summed E-state index contributed by atoms with van der Waals surface area (Å²) in [6, 6.07) is 4.07. The van der Waals surface area contributed by atoms with Crippen LogP contribution in [0.2, 0.25) is 0 Å². The van der Waals surface area contributed by atoms with E-state index in [0.29, 0.717) is 11.6 Å². The number of hydrogen-bond donors (Lipinski definition) is 0. The zero-order valence-corrected chi connectivity index (χ0v) is 13.3. The second kappa shape index (κ2) is 5.32. The van der Waals surface area contributed by atoms with Crippen molar-refractivity contribution in [2.75, 3.05) is 38.2 Å². The number of anilines is 1. The normalized spacial score (nSPS) is 26.0. The molecule has 2 unspecified atom stereocenters. The maximum atomic E-state index is 12.8. The molecule has 2 saturated heterocycles. The quantitative estimate of drug-likeness (QED) is 0.796. The molecule has 4 nitrogen and oxygen atoms in total. The highest BCUT2D eigenvalue weighted by molar-refractivity contribution is 7.22. The average molecular weight is 343 g/mol. The molecule has 1 aromatic carbocycles. The molecule has 0 spiro atoms. The number of ether oxygens (including phenoxy) is 1. The largest absolute Gasteiger partial charge is 0.416 e. The summed E-state index contributed by atoms with van der Waals surface area (Å²) in [5, 5.41) is 0.769. The summed E-state index contributed by atoms with van der Waals surface area (Å²) < 4.78 is 45.0. The number of likely N-dealkylation sites (N-methyl/N-ethyl adjacent to an activating group) is 1. The first-order chi connectivity index (χ1) is 10.9. The van der Waals surface area contributed by atoms with Crippen LogP contribution in [0.1, 0.15) is 5.56 Å². The highest BCUT2D eigenvalue weighted by Crippen LogP contribution is 2.36. The van der Waals surface area contributed by atoms with Crippen molar-refractivity contribution < 1.29 is 17.9 Å². The minimum Gasteiger partial charge on any atom is -0.373 e. The molecule has 0 aliphatic carbocycles. The molecule has 1 aromatic heterocycles. The number of rotatable bonds is 1. The lowest BCUT2D eigenvalue weighted by Gasteiger charge is -2.33. The molecule has 0 radical (unpaired) electrons. The van der Waals surface area contributed by atoms with Crippen LogP contribution in [-0.4, -0.2) is 55.3 Å². The first-order valence-electron chi connectivity index (χ1n) is 7.46. The van der Waals surface area contributed by atoms with Crippen molar-refractivity contribution >= 4 is 26.7 Å². The van der Waals surface area contributed by atoms with Gasteiger partial charge < -0.3 is 9.64 Å². The van der Waals surface area contributed by atoms with Crippen LogP contribution in [-0.2, 0) is 10.9 Å². The van der Waals surface area contributed by atoms with E-state index >= 15 is 0 Å². The van der Waals surface area contributed by atoms with E-state index in [2.05, 4.69) is 21.8 Å². The summed E-state index contributed by atoms with van der Waals surface area (Å²) in [7, 11) is 2.08. The number of thiazole rings is 1. The molecule has 3 heterocycles. The standard InChI is InChI=1S/C15H16F3N3OS/c1-20-4-5-22-12-8-21(7-11(12)20)14-19-10-6-9(15(16,17)18)2-3-13(10)23-14/h2-3,6,11-12H,4-5,7-8H2,1H3. The van der Waals surface area contributed by atoms with E-state index in [4.69, 9.17) is 4.74 Å². The van der Waals surface area contributed by atoms with Gasteiger partial charge in [0.15, 0.2) is 5.13 Å². The van der Waals surface area contributed by atoms with E-state index in [-0.39, 0.29) is 6.10 Å². The molecule has 0 amide bonds. The Hall–Kier alpha value is -1.38. The van der Waals surface area contributed by atoms with Gasteiger partial charge in [-0.25, -0.2) is 4.98 Å². The molecule has 23 heavy (non-hydrogen) atoms. The third kappa shape index (κ3) is 2.68. The SMILES string of the molecule is CN1CCOC2CN(c3nc4cc(C(F)(F)F)ccc4s3)CC21. The second-order valence-corrected chi connectivity index (χ2v) is 7.05. The molecule has 0 bridgehead atoms. The van der Waals surface area contributed by atoms with E-state index in [0.717, 1.165) is 48.2 Å². The number of nitrogens with zero attached hydrogens (tertiary/aromatic N) is 3. The van der Waals surface area contributed by atoms with Crippen molar-refractivity contribution in [2.24, 2.45) is 0 Å². The van der Waals surface area contributed by atoms with Crippen molar-refractivity contribution in [3.63, 3.8) is 0 Å². The molecule has 124 valence electrons. The molecular formula is C15H16F3N3OS. The van der Waals surface area contributed by atoms with Crippen LogP contribution >= 0.6 is 11.3 Å². The van der Waals surface area contributed by atoms with Crippen molar-refractivity contribution in [1.29, 1.82) is 0 Å². The molecule has 0 N–H and O–H groups in total. The summed E-state index contributed by atoms with van der Waals surface area (Å²) in [5.41, 5.74) is -0.246. The lowest BCUT2D eigenvalue weighted by Crippen LogP contribution is -2.48. The number of halogens is 3. The molecule has 2 aromatic rings. The monoisotopic (exact) mass is 343 g/mol. The maximum absolute atomic E-state index is 12.8. The molecular weight excluding hydrogens is 327 g/mol. The van der Waals surface area contributed by atoms with E-state index < -0.39 is 11.7 Å². The Morgan fingerprint density at radius 1 is 1.30 bits per heavy atom. The number of benzene rings is 1. The minimum atomic E-state index is -4.34. The van der Waals surface area contributed by atoms with Crippen LogP contribution in [0.4, 0.5) is 18.3 Å². The lowest BCUT2D eigenvalue weighted by atomic mass is 10.1. The Labute approximate surface area is 135 Å². The van der Waals surface area contributed by atoms with E-state index in [9.17, 15) is 13.2 Å². The third-order valence-electron chi connectivity index (χ3n) is 4.55. The molecule has 2 atom stereocenters. The minimum absolute atomic E-state index is 0.145. The van der Waals surface area contributed by atoms with Gasteiger partial charge in [0.1, 0.15) is 0 Å². The van der Waals surface area contributed by atoms with Crippen molar-refractivity contribution in [2.45, 2.75) is 18.3 Å². The predicted octanol–water partition coefficient (Wildman–Crippen LogP) is 2.83. The maximum Gasteiger partial charge on any atom is 0.416 e. The zero-order chi connectivity index (χ0) is 16.2. The van der Waals surface area contributed by atoms with Crippen LogP contribution in [0.5, 0.6) is 0 Å². The van der Waals surface area contributed by atoms with Crippen molar-refractivity contribution in [1.82, 2.24) is 9.88 Å². The van der Waals surface area contributed by atoms with Gasteiger partial charge >= 0.3 is 6.18 Å². The van der Waals surface area contributed by atoms with Crippen LogP contribution in [0.3, 0.4) is 0 Å². The smallest absolute Gasteiger partial charge is 0.373 e. The first-order valence-corrected chi connectivity index (χ1v) is 8.28. The summed E-state index contributed by atoms with van der Waals surface area (Å²) >= 11 is 1.43. The molecule has 2 aliphatic rings. The van der Waals surface area contributed by atoms with Crippen LogP contribution in [0, 0.1) is 0 Å². The summed E-state index contributed by atoms with van der Waals surface area (Å²) in [6.07, 6.45) is -4.19. The van der Waals surface area contributed by atoms with E-state index in [1.165, 1.54) is 17.4 Å². The van der Waals surface area contributed by atoms with Gasteiger partial charge in [-0.2, -0.15) is 13.2 Å². The Morgan fingerprint density at radius 3 is 2.87 bits per heavy atom. The Bertz CT molecular complexity index is 732. The van der Waals surface area contributed by atoms with Gasteiger partial charge in [-0.1, -0.05) is 11.3 Å². The molecule has 8 heteroatoms. The van der Waals surface area contributed by atoms with Crippen molar-refractivity contribution in [3.05, 3.63) is 23.8 Å².